The van der Waals surface area contributed by atoms with E-state index in [0.717, 1.165) is 6.42 Å². The molecule has 10 heavy (non-hydrogen) atoms. The molecule has 0 aliphatic heterocycles. The van der Waals surface area contributed by atoms with E-state index in [1.165, 1.54) is 0 Å². The minimum Gasteiger partial charge on any atom is -0.125 e. The normalized spacial score (nSPS) is 15.9. The first-order chi connectivity index (χ1) is 4.34. The Morgan fingerprint density at radius 1 is 1.10 bits per heavy atom. The van der Waals surface area contributed by atoms with Crippen molar-refractivity contribution in [3.05, 3.63) is 0 Å². The minimum absolute atomic E-state index is 0.00579. The van der Waals surface area contributed by atoms with Crippen LogP contribution in [0.3, 0.4) is 0 Å². The van der Waals surface area contributed by atoms with E-state index in [-0.39, 0.29) is 8.19 Å². The SMILES string of the molecule is Cl[Si](Cl)(Cl)C(Br)CC(Br)Br. The van der Waals surface area contributed by atoms with Crippen LogP contribution in [0.4, 0.5) is 0 Å². The maximum atomic E-state index is 5.71. The van der Waals surface area contributed by atoms with Crippen LogP contribution in [0.15, 0.2) is 0 Å². The number of alkyl halides is 3. The molecule has 0 aromatic carbocycles. The van der Waals surface area contributed by atoms with E-state index in [9.17, 15) is 0 Å². The molecule has 0 bridgehead atoms. The summed E-state index contributed by atoms with van der Waals surface area (Å²) in [5.41, 5.74) is 0. The molecule has 0 aromatic heterocycles. The number of halogens is 6. The van der Waals surface area contributed by atoms with E-state index >= 15 is 0 Å². The molecule has 0 aromatic rings. The Balaban J connectivity index is 3.73. The number of hydrogen-bond donors (Lipinski definition) is 0. The van der Waals surface area contributed by atoms with Gasteiger partial charge >= 0.3 is 6.00 Å². The lowest BCUT2D eigenvalue weighted by Crippen LogP contribution is -2.26. The van der Waals surface area contributed by atoms with E-state index < -0.39 is 6.00 Å². The average molecular weight is 414 g/mol. The van der Waals surface area contributed by atoms with Crippen molar-refractivity contribution in [2.75, 3.05) is 0 Å². The Morgan fingerprint density at radius 2 is 1.50 bits per heavy atom. The van der Waals surface area contributed by atoms with Gasteiger partial charge in [-0.15, -0.1) is 33.2 Å². The molecular formula is C3H4Br3Cl3Si. The zero-order chi connectivity index (χ0) is 8.36. The second kappa shape index (κ2) is 5.30. The number of rotatable bonds is 3. The van der Waals surface area contributed by atoms with Crippen molar-refractivity contribution in [2.45, 2.75) is 14.6 Å². The van der Waals surface area contributed by atoms with Crippen LogP contribution in [0.1, 0.15) is 6.42 Å². The Bertz CT molecular complexity index is 104. The molecule has 0 N–H and O–H groups in total. The highest BCUT2D eigenvalue weighted by Crippen LogP contribution is 2.34. The standard InChI is InChI=1S/C3H4Br3Cl3Si/c4-2(5)1-3(6)10(7,8)9/h2-3H,1H2. The Hall–Kier alpha value is 2.53. The van der Waals surface area contributed by atoms with Gasteiger partial charge in [0.05, 0.1) is 8.19 Å². The summed E-state index contributed by atoms with van der Waals surface area (Å²) in [6.07, 6.45) is 0.767. The maximum Gasteiger partial charge on any atom is 0.354 e. The van der Waals surface area contributed by atoms with E-state index in [1.54, 1.807) is 0 Å². The van der Waals surface area contributed by atoms with Gasteiger partial charge in [-0.3, -0.25) is 0 Å². The highest BCUT2D eigenvalue weighted by atomic mass is 79.9. The van der Waals surface area contributed by atoms with Crippen molar-refractivity contribution in [2.24, 2.45) is 0 Å². The van der Waals surface area contributed by atoms with Gasteiger partial charge in [-0.2, -0.15) is 0 Å². The minimum atomic E-state index is -2.55. The second-order valence-corrected chi connectivity index (χ2v) is 15.9. The highest BCUT2D eigenvalue weighted by molar-refractivity contribution is 9.24. The fourth-order valence-corrected chi connectivity index (χ4v) is 4.41. The van der Waals surface area contributed by atoms with E-state index in [2.05, 4.69) is 47.8 Å². The molecule has 0 amide bonds. The summed E-state index contributed by atoms with van der Waals surface area (Å²) in [6, 6.07) is -2.55. The van der Waals surface area contributed by atoms with Crippen molar-refractivity contribution >= 4 is 87.0 Å². The van der Waals surface area contributed by atoms with Crippen molar-refractivity contribution in [3.8, 4) is 0 Å². The largest absolute Gasteiger partial charge is 0.354 e. The van der Waals surface area contributed by atoms with Gasteiger partial charge < -0.3 is 0 Å². The van der Waals surface area contributed by atoms with Crippen LogP contribution in [-0.2, 0) is 0 Å². The van der Waals surface area contributed by atoms with Gasteiger partial charge in [0.15, 0.2) is 0 Å². The van der Waals surface area contributed by atoms with Crippen molar-refractivity contribution < 1.29 is 0 Å². The van der Waals surface area contributed by atoms with Crippen LogP contribution in [0, 0.1) is 0 Å². The van der Waals surface area contributed by atoms with Gasteiger partial charge in [-0.05, 0) is 6.42 Å². The Kier molecular flexibility index (Phi) is 6.64. The summed E-state index contributed by atoms with van der Waals surface area (Å²) in [6.45, 7) is 0. The summed E-state index contributed by atoms with van der Waals surface area (Å²) >= 11 is 27.0. The van der Waals surface area contributed by atoms with Gasteiger partial charge in [0.1, 0.15) is 0 Å². The molecular weight excluding hydrogens is 410 g/mol. The van der Waals surface area contributed by atoms with Crippen LogP contribution in [0.25, 0.3) is 0 Å². The maximum absolute atomic E-state index is 5.71. The summed E-state index contributed by atoms with van der Waals surface area (Å²) < 4.78 is 0.196. The van der Waals surface area contributed by atoms with Gasteiger partial charge in [-0.1, -0.05) is 47.8 Å². The summed E-state index contributed by atoms with van der Waals surface area (Å²) in [4.78, 5) is 0. The molecule has 0 fully saturated rings. The zero-order valence-electron chi connectivity index (χ0n) is 4.63. The lowest BCUT2D eigenvalue weighted by molar-refractivity contribution is 1.05. The summed E-state index contributed by atoms with van der Waals surface area (Å²) in [5, 5.41) is 0. The van der Waals surface area contributed by atoms with Crippen LogP contribution < -0.4 is 0 Å². The average Bonchev–Trinajstić information content (AvgIpc) is 1.60. The van der Waals surface area contributed by atoms with Gasteiger partial charge in [0, 0.05) is 0 Å². The first-order valence-electron chi connectivity index (χ1n) is 2.33. The monoisotopic (exact) mass is 410 g/mol. The molecule has 0 saturated heterocycles. The van der Waals surface area contributed by atoms with E-state index in [0.29, 0.717) is 0 Å². The van der Waals surface area contributed by atoms with Gasteiger partial charge in [-0.25, -0.2) is 0 Å². The molecule has 0 radical (unpaired) electrons. The fraction of sp³-hybridized carbons (Fsp3) is 1.00. The quantitative estimate of drug-likeness (QED) is 0.364. The van der Waals surface area contributed by atoms with Crippen LogP contribution in [-0.4, -0.2) is 14.2 Å². The molecule has 0 nitrogen and oxygen atoms in total. The smallest absolute Gasteiger partial charge is 0.125 e. The molecule has 7 heteroatoms. The molecule has 0 heterocycles. The first kappa shape index (κ1) is 12.5. The van der Waals surface area contributed by atoms with Crippen molar-refractivity contribution in [1.29, 1.82) is 0 Å². The lowest BCUT2D eigenvalue weighted by Gasteiger charge is -2.15. The first-order valence-corrected chi connectivity index (χ1v) is 10.2. The highest BCUT2D eigenvalue weighted by Gasteiger charge is 2.35. The molecule has 0 aliphatic rings. The third kappa shape index (κ3) is 6.09. The lowest BCUT2D eigenvalue weighted by atomic mass is 10.6. The predicted octanol–water partition coefficient (Wildman–Crippen LogP) is 4.45. The summed E-state index contributed by atoms with van der Waals surface area (Å²) in [7, 11) is 0. The topological polar surface area (TPSA) is 0 Å². The molecule has 0 saturated carbocycles. The summed E-state index contributed by atoms with van der Waals surface area (Å²) in [5.74, 6) is 0. The zero-order valence-corrected chi connectivity index (χ0v) is 12.7. The second-order valence-electron chi connectivity index (χ2n) is 1.64. The third-order valence-electron chi connectivity index (χ3n) is 0.740. The van der Waals surface area contributed by atoms with Crippen LogP contribution >= 0.6 is 81.0 Å². The Labute approximate surface area is 100 Å². The predicted molar refractivity (Wildman–Crippen MR) is 62.3 cm³/mol. The third-order valence-corrected chi connectivity index (χ3v) is 9.61. The molecule has 0 spiro atoms. The Morgan fingerprint density at radius 3 is 1.60 bits per heavy atom. The van der Waals surface area contributed by atoms with Crippen molar-refractivity contribution in [3.63, 3.8) is 0 Å². The van der Waals surface area contributed by atoms with Gasteiger partial charge in [0.25, 0.3) is 0 Å². The molecule has 0 aliphatic carbocycles. The van der Waals surface area contributed by atoms with Crippen molar-refractivity contribution in [1.82, 2.24) is 0 Å². The van der Waals surface area contributed by atoms with E-state index in [4.69, 9.17) is 33.2 Å². The fourth-order valence-electron chi connectivity index (χ4n) is 0.290. The number of hydrogen-bond acceptors (Lipinski definition) is 0. The van der Waals surface area contributed by atoms with Gasteiger partial charge in [0.2, 0.25) is 0 Å². The van der Waals surface area contributed by atoms with Crippen LogP contribution in [0.2, 0.25) is 0 Å². The van der Waals surface area contributed by atoms with E-state index in [1.807, 2.05) is 0 Å². The molecule has 0 rings (SSSR count). The molecule has 1 atom stereocenters. The molecule has 1 unspecified atom stereocenters. The van der Waals surface area contributed by atoms with Crippen LogP contribution in [0.5, 0.6) is 0 Å². The molecule has 62 valence electrons.